The van der Waals surface area contributed by atoms with E-state index in [2.05, 4.69) is 20.7 Å². The van der Waals surface area contributed by atoms with Crippen LogP contribution in [0.25, 0.3) is 0 Å². The number of alkyl halides is 2. The summed E-state index contributed by atoms with van der Waals surface area (Å²) in [6, 6.07) is 2.45. The van der Waals surface area contributed by atoms with Gasteiger partial charge in [0.05, 0.1) is 12.2 Å². The topological polar surface area (TPSA) is 44.8 Å². The zero-order chi connectivity index (χ0) is 14.0. The summed E-state index contributed by atoms with van der Waals surface area (Å²) in [5.74, 6) is -4.78. The first kappa shape index (κ1) is 14.0. The Hall–Kier alpha value is -1.37. The molecule has 0 saturated heterocycles. The maximum absolute atomic E-state index is 14.0. The van der Waals surface area contributed by atoms with Crippen molar-refractivity contribution in [3.05, 3.63) is 22.2 Å². The van der Waals surface area contributed by atoms with Crippen LogP contribution in [-0.2, 0) is 15.5 Å². The highest BCUT2D eigenvalue weighted by atomic mass is 79.9. The minimum absolute atomic E-state index is 0.0646. The Balaban J connectivity index is 2.41. The molecule has 0 aromatic heterocycles. The third kappa shape index (κ3) is 2.65. The number of hydrogen-bond acceptors (Lipinski definition) is 4. The third-order valence-corrected chi connectivity index (χ3v) is 3.16. The number of carbonyl (C=O) groups is 1. The molecule has 0 spiro atoms. The van der Waals surface area contributed by atoms with Gasteiger partial charge < -0.3 is 14.2 Å². The summed E-state index contributed by atoms with van der Waals surface area (Å²) in [5.41, 5.74) is -0.504. The second kappa shape index (κ2) is 5.32. The Morgan fingerprint density at radius 2 is 1.95 bits per heavy atom. The summed E-state index contributed by atoms with van der Waals surface area (Å²) in [7, 11) is 0. The van der Waals surface area contributed by atoms with Crippen molar-refractivity contribution in [2.45, 2.75) is 12.8 Å². The molecule has 2 rings (SSSR count). The lowest BCUT2D eigenvalue weighted by atomic mass is 10.1. The fraction of sp³-hybridized carbons (Fsp3) is 0.417. The lowest BCUT2D eigenvalue weighted by Crippen LogP contribution is -2.29. The van der Waals surface area contributed by atoms with Crippen LogP contribution in [0.4, 0.5) is 8.78 Å². The molecule has 104 valence electrons. The SMILES string of the molecule is CCOC(=O)C(F)(F)c1cc2c(cc1Br)OCCO2. The first-order valence-corrected chi connectivity index (χ1v) is 6.40. The molecule has 7 heteroatoms. The number of carbonyl (C=O) groups excluding carboxylic acids is 1. The zero-order valence-electron chi connectivity index (χ0n) is 10.0. The summed E-state index contributed by atoms with van der Waals surface area (Å²) in [6.45, 7) is 1.98. The van der Waals surface area contributed by atoms with Crippen molar-refractivity contribution >= 4 is 21.9 Å². The molecule has 0 radical (unpaired) electrons. The predicted octanol–water partition coefficient (Wildman–Crippen LogP) is 2.88. The van der Waals surface area contributed by atoms with E-state index in [0.717, 1.165) is 6.07 Å². The first-order valence-electron chi connectivity index (χ1n) is 5.61. The van der Waals surface area contributed by atoms with E-state index in [9.17, 15) is 13.6 Å². The number of ether oxygens (including phenoxy) is 3. The van der Waals surface area contributed by atoms with E-state index < -0.39 is 17.5 Å². The minimum Gasteiger partial charge on any atom is -0.486 e. The molecule has 0 saturated carbocycles. The largest absolute Gasteiger partial charge is 0.486 e. The molecule has 0 unspecified atom stereocenters. The Morgan fingerprint density at radius 1 is 1.37 bits per heavy atom. The van der Waals surface area contributed by atoms with Gasteiger partial charge in [-0.05, 0) is 19.1 Å². The summed E-state index contributed by atoms with van der Waals surface area (Å²) < 4.78 is 42.9. The fourth-order valence-corrected chi connectivity index (χ4v) is 2.21. The Bertz CT molecular complexity index is 505. The van der Waals surface area contributed by atoms with Gasteiger partial charge in [-0.15, -0.1) is 0 Å². The van der Waals surface area contributed by atoms with E-state index in [1.54, 1.807) is 0 Å². The van der Waals surface area contributed by atoms with Crippen molar-refractivity contribution in [1.29, 1.82) is 0 Å². The first-order chi connectivity index (χ1) is 8.96. The zero-order valence-corrected chi connectivity index (χ0v) is 11.6. The van der Waals surface area contributed by atoms with Crippen molar-refractivity contribution in [1.82, 2.24) is 0 Å². The Kier molecular flexibility index (Phi) is 3.93. The fourth-order valence-electron chi connectivity index (χ4n) is 1.64. The molecule has 1 aliphatic rings. The van der Waals surface area contributed by atoms with Crippen molar-refractivity contribution in [2.24, 2.45) is 0 Å². The van der Waals surface area contributed by atoms with Crippen LogP contribution in [-0.4, -0.2) is 25.8 Å². The molecule has 19 heavy (non-hydrogen) atoms. The standard InChI is InChI=1S/C12H11BrF2O4/c1-2-17-11(16)12(14,15)7-5-9-10(6-8(7)13)19-4-3-18-9/h5-6H,2-4H2,1H3. The van der Waals surface area contributed by atoms with Crippen LogP contribution in [0.3, 0.4) is 0 Å². The third-order valence-electron chi connectivity index (χ3n) is 2.50. The molecular formula is C12H11BrF2O4. The minimum atomic E-state index is -3.75. The Labute approximate surface area is 116 Å². The molecule has 0 fully saturated rings. The number of esters is 1. The molecule has 1 aromatic carbocycles. The number of fused-ring (bicyclic) bond motifs is 1. The van der Waals surface area contributed by atoms with Gasteiger partial charge in [0.1, 0.15) is 13.2 Å². The molecule has 1 heterocycles. The van der Waals surface area contributed by atoms with Gasteiger partial charge in [0.25, 0.3) is 0 Å². The van der Waals surface area contributed by atoms with Gasteiger partial charge in [0.15, 0.2) is 11.5 Å². The van der Waals surface area contributed by atoms with Gasteiger partial charge in [-0.1, -0.05) is 15.9 Å². The molecule has 4 nitrogen and oxygen atoms in total. The predicted molar refractivity (Wildman–Crippen MR) is 65.7 cm³/mol. The van der Waals surface area contributed by atoms with Gasteiger partial charge >= 0.3 is 11.9 Å². The number of halogens is 3. The van der Waals surface area contributed by atoms with Gasteiger partial charge in [0.2, 0.25) is 0 Å². The van der Waals surface area contributed by atoms with Crippen molar-refractivity contribution in [2.75, 3.05) is 19.8 Å². The van der Waals surface area contributed by atoms with Crippen LogP contribution in [0.1, 0.15) is 12.5 Å². The molecular weight excluding hydrogens is 326 g/mol. The maximum atomic E-state index is 14.0. The molecule has 1 aliphatic heterocycles. The molecule has 1 aromatic rings. The number of benzene rings is 1. The van der Waals surface area contributed by atoms with Crippen molar-refractivity contribution < 1.29 is 27.8 Å². The Morgan fingerprint density at radius 3 is 2.53 bits per heavy atom. The second-order valence-corrected chi connectivity index (χ2v) is 4.62. The molecule has 0 amide bonds. The highest BCUT2D eigenvalue weighted by Crippen LogP contribution is 2.42. The van der Waals surface area contributed by atoms with Gasteiger partial charge in [-0.25, -0.2) is 4.79 Å². The summed E-state index contributed by atoms with van der Waals surface area (Å²) in [6.07, 6.45) is 0. The van der Waals surface area contributed by atoms with E-state index in [-0.39, 0.29) is 23.4 Å². The molecule has 0 aliphatic carbocycles. The van der Waals surface area contributed by atoms with Gasteiger partial charge in [0, 0.05) is 4.47 Å². The van der Waals surface area contributed by atoms with E-state index >= 15 is 0 Å². The van der Waals surface area contributed by atoms with Crippen LogP contribution in [0.5, 0.6) is 11.5 Å². The van der Waals surface area contributed by atoms with Crippen LogP contribution < -0.4 is 9.47 Å². The number of hydrogen-bond donors (Lipinski definition) is 0. The number of rotatable bonds is 3. The quantitative estimate of drug-likeness (QED) is 0.796. The molecule has 0 N–H and O–H groups in total. The summed E-state index contributed by atoms with van der Waals surface area (Å²) in [5, 5.41) is 0. The second-order valence-electron chi connectivity index (χ2n) is 3.77. The van der Waals surface area contributed by atoms with E-state index in [1.165, 1.54) is 13.0 Å². The highest BCUT2D eigenvalue weighted by molar-refractivity contribution is 9.10. The molecule has 0 atom stereocenters. The van der Waals surface area contributed by atoms with Crippen molar-refractivity contribution in [3.63, 3.8) is 0 Å². The van der Waals surface area contributed by atoms with Gasteiger partial charge in [-0.3, -0.25) is 0 Å². The summed E-state index contributed by atoms with van der Waals surface area (Å²) >= 11 is 3.01. The van der Waals surface area contributed by atoms with Gasteiger partial charge in [-0.2, -0.15) is 8.78 Å². The van der Waals surface area contributed by atoms with E-state index in [0.29, 0.717) is 12.4 Å². The maximum Gasteiger partial charge on any atom is 0.382 e. The molecule has 0 bridgehead atoms. The van der Waals surface area contributed by atoms with Crippen LogP contribution in [0, 0.1) is 0 Å². The monoisotopic (exact) mass is 336 g/mol. The summed E-state index contributed by atoms with van der Waals surface area (Å²) in [4.78, 5) is 11.3. The average Bonchev–Trinajstić information content (AvgIpc) is 2.38. The lowest BCUT2D eigenvalue weighted by Gasteiger charge is -2.22. The van der Waals surface area contributed by atoms with E-state index in [4.69, 9.17) is 9.47 Å². The van der Waals surface area contributed by atoms with Crippen LogP contribution in [0.2, 0.25) is 0 Å². The van der Waals surface area contributed by atoms with Crippen molar-refractivity contribution in [3.8, 4) is 11.5 Å². The normalized spacial score (nSPS) is 14.1. The van der Waals surface area contributed by atoms with Crippen LogP contribution >= 0.6 is 15.9 Å². The lowest BCUT2D eigenvalue weighted by molar-refractivity contribution is -0.173. The average molecular weight is 337 g/mol. The van der Waals surface area contributed by atoms with E-state index in [1.807, 2.05) is 0 Å². The smallest absolute Gasteiger partial charge is 0.382 e. The van der Waals surface area contributed by atoms with Crippen LogP contribution in [0.15, 0.2) is 16.6 Å². The highest BCUT2D eigenvalue weighted by Gasteiger charge is 2.45.